The quantitative estimate of drug-likeness (QED) is 0.336. The second-order valence-electron chi connectivity index (χ2n) is 8.03. The summed E-state index contributed by atoms with van der Waals surface area (Å²) in [5.41, 5.74) is 3.51. The molecule has 0 bridgehead atoms. The first-order valence-corrected chi connectivity index (χ1v) is 12.0. The van der Waals surface area contributed by atoms with E-state index in [9.17, 15) is 4.79 Å². The van der Waals surface area contributed by atoms with E-state index in [0.29, 0.717) is 11.3 Å². The second-order valence-corrected chi connectivity index (χ2v) is 9.16. The Hall–Kier alpha value is -3.84. The Bertz CT molecular complexity index is 1320. The summed E-state index contributed by atoms with van der Waals surface area (Å²) < 4.78 is 11.2. The molecule has 1 aliphatic rings. The van der Waals surface area contributed by atoms with Gasteiger partial charge in [0.2, 0.25) is 6.79 Å². The van der Waals surface area contributed by atoms with Crippen LogP contribution in [0.2, 0.25) is 0 Å². The predicted molar refractivity (Wildman–Crippen MR) is 135 cm³/mol. The van der Waals surface area contributed by atoms with Gasteiger partial charge < -0.3 is 20.1 Å². The number of fused-ring (bicyclic) bond motifs is 1. The van der Waals surface area contributed by atoms with Crippen molar-refractivity contribution in [2.45, 2.75) is 26.3 Å². The highest BCUT2D eigenvalue weighted by Crippen LogP contribution is 2.41. The minimum atomic E-state index is -0.258. The maximum absolute atomic E-state index is 13.0. The first-order valence-electron chi connectivity index (χ1n) is 11.2. The van der Waals surface area contributed by atoms with E-state index in [1.54, 1.807) is 11.3 Å². The molecule has 6 nitrogen and oxygen atoms in total. The monoisotopic (exact) mass is 471 g/mol. The summed E-state index contributed by atoms with van der Waals surface area (Å²) in [6.07, 6.45) is 0.870. The molecule has 0 spiro atoms. The lowest BCUT2D eigenvalue weighted by Gasteiger charge is -2.21. The first kappa shape index (κ1) is 22.0. The second kappa shape index (κ2) is 9.57. The van der Waals surface area contributed by atoms with Crippen molar-refractivity contribution in [3.8, 4) is 11.5 Å². The maximum Gasteiger partial charge on any atom is 0.256 e. The van der Waals surface area contributed by atoms with Crippen LogP contribution in [0.25, 0.3) is 0 Å². The molecule has 5 rings (SSSR count). The molecule has 0 radical (unpaired) electrons. The summed E-state index contributed by atoms with van der Waals surface area (Å²) in [4.78, 5) is 18.8. The number of hydrogen-bond acceptors (Lipinski definition) is 6. The van der Waals surface area contributed by atoms with E-state index in [0.717, 1.165) is 39.8 Å². The van der Waals surface area contributed by atoms with Crippen LogP contribution in [0.4, 0.5) is 10.8 Å². The molecule has 1 amide bonds. The van der Waals surface area contributed by atoms with E-state index in [1.165, 1.54) is 4.88 Å². The van der Waals surface area contributed by atoms with E-state index < -0.39 is 0 Å². The van der Waals surface area contributed by atoms with Gasteiger partial charge in [0.1, 0.15) is 10.8 Å². The number of ether oxygens (including phenoxy) is 2. The van der Waals surface area contributed by atoms with Crippen molar-refractivity contribution in [1.82, 2.24) is 4.98 Å². The minimum absolute atomic E-state index is 0.135. The average Bonchev–Trinajstić information content (AvgIpc) is 3.49. The molecule has 172 valence electrons. The smallest absolute Gasteiger partial charge is 0.256 e. The van der Waals surface area contributed by atoms with Gasteiger partial charge in [-0.1, -0.05) is 37.3 Å². The summed E-state index contributed by atoms with van der Waals surface area (Å²) in [7, 11) is 0. The number of aromatic nitrogens is 1. The van der Waals surface area contributed by atoms with Crippen molar-refractivity contribution >= 4 is 28.1 Å². The molecule has 34 heavy (non-hydrogen) atoms. The lowest BCUT2D eigenvalue weighted by molar-refractivity contribution is 0.102. The highest BCUT2D eigenvalue weighted by Gasteiger charge is 2.25. The van der Waals surface area contributed by atoms with Gasteiger partial charge in [-0.05, 0) is 61.4 Å². The van der Waals surface area contributed by atoms with E-state index in [-0.39, 0.29) is 18.7 Å². The van der Waals surface area contributed by atoms with Crippen molar-refractivity contribution in [3.63, 3.8) is 0 Å². The number of thiophene rings is 1. The lowest BCUT2D eigenvalue weighted by atomic mass is 9.99. The number of carbonyl (C=O) groups excluding carboxylic acids is 1. The summed E-state index contributed by atoms with van der Waals surface area (Å²) in [5, 5.41) is 7.54. The Kier molecular flexibility index (Phi) is 6.18. The van der Waals surface area contributed by atoms with Crippen LogP contribution in [0.1, 0.15) is 45.0 Å². The molecular weight excluding hydrogens is 446 g/mol. The minimum Gasteiger partial charge on any atom is -0.454 e. The normalized spacial score (nSPS) is 12.9. The molecule has 4 aromatic rings. The van der Waals surface area contributed by atoms with Gasteiger partial charge in [-0.15, -0.1) is 11.3 Å². The van der Waals surface area contributed by atoms with Gasteiger partial charge >= 0.3 is 0 Å². The zero-order valence-electron chi connectivity index (χ0n) is 19.0. The number of pyridine rings is 1. The van der Waals surface area contributed by atoms with Crippen molar-refractivity contribution in [2.24, 2.45) is 0 Å². The van der Waals surface area contributed by atoms with Crippen LogP contribution < -0.4 is 20.1 Å². The molecule has 1 aliphatic heterocycles. The van der Waals surface area contributed by atoms with Gasteiger partial charge in [0, 0.05) is 21.7 Å². The van der Waals surface area contributed by atoms with Crippen molar-refractivity contribution in [1.29, 1.82) is 0 Å². The Morgan fingerprint density at radius 2 is 1.85 bits per heavy atom. The summed E-state index contributed by atoms with van der Waals surface area (Å²) >= 11 is 1.60. The fourth-order valence-corrected chi connectivity index (χ4v) is 4.95. The summed E-state index contributed by atoms with van der Waals surface area (Å²) in [6.45, 7) is 4.29. The SMILES string of the molecule is CCc1cc([C@@H](Nc2cccc(C)n2)c2ccc3c(c2)OCO3)c(NC(=O)c2ccccc2)s1. The Balaban J connectivity index is 1.56. The van der Waals surface area contributed by atoms with Crippen LogP contribution in [0, 0.1) is 6.92 Å². The number of nitrogens with one attached hydrogen (secondary N) is 2. The maximum atomic E-state index is 13.0. The van der Waals surface area contributed by atoms with Gasteiger partial charge in [-0.3, -0.25) is 4.79 Å². The molecule has 2 aromatic heterocycles. The zero-order chi connectivity index (χ0) is 23.5. The predicted octanol–water partition coefficient (Wildman–Crippen LogP) is 6.20. The standard InChI is InChI=1S/C27H25N3O3S/c1-3-20-15-21(27(34-20)30-26(31)18-9-5-4-6-10-18)25(29-24-11-7-8-17(2)28-24)19-12-13-22-23(14-19)33-16-32-22/h4-15,25H,3,16H2,1-2H3,(H,28,29)(H,30,31)/t25-/m0/s1. The number of anilines is 2. The first-order chi connectivity index (χ1) is 16.6. The van der Waals surface area contributed by atoms with E-state index >= 15 is 0 Å². The third-order valence-electron chi connectivity index (χ3n) is 5.64. The van der Waals surface area contributed by atoms with Gasteiger partial charge in [0.25, 0.3) is 5.91 Å². The fourth-order valence-electron chi connectivity index (χ4n) is 3.91. The Labute approximate surface area is 202 Å². The number of aryl methyl sites for hydroxylation is 2. The number of carbonyl (C=O) groups is 1. The number of benzene rings is 2. The largest absolute Gasteiger partial charge is 0.454 e. The number of amides is 1. The molecule has 0 fully saturated rings. The Morgan fingerprint density at radius 1 is 1.03 bits per heavy atom. The molecule has 0 unspecified atom stereocenters. The van der Waals surface area contributed by atoms with E-state index in [4.69, 9.17) is 9.47 Å². The fraction of sp³-hybridized carbons (Fsp3) is 0.185. The summed E-state index contributed by atoms with van der Waals surface area (Å²) in [5.74, 6) is 2.06. The average molecular weight is 472 g/mol. The molecule has 0 saturated carbocycles. The van der Waals surface area contributed by atoms with Crippen LogP contribution >= 0.6 is 11.3 Å². The number of hydrogen-bond donors (Lipinski definition) is 2. The van der Waals surface area contributed by atoms with Crippen LogP contribution in [0.3, 0.4) is 0 Å². The molecule has 0 saturated heterocycles. The lowest BCUT2D eigenvalue weighted by Crippen LogP contribution is -2.17. The third kappa shape index (κ3) is 4.61. The zero-order valence-corrected chi connectivity index (χ0v) is 19.8. The van der Waals surface area contributed by atoms with E-state index in [1.807, 2.05) is 73.7 Å². The number of rotatable bonds is 7. The topological polar surface area (TPSA) is 72.5 Å². The molecule has 2 aromatic carbocycles. The van der Waals surface area contributed by atoms with Gasteiger partial charge in [-0.2, -0.15) is 0 Å². The van der Waals surface area contributed by atoms with Crippen LogP contribution in [0.15, 0.2) is 72.8 Å². The highest BCUT2D eigenvalue weighted by molar-refractivity contribution is 7.16. The number of nitrogens with zero attached hydrogens (tertiary/aromatic N) is 1. The van der Waals surface area contributed by atoms with Crippen LogP contribution in [-0.4, -0.2) is 17.7 Å². The Morgan fingerprint density at radius 3 is 2.65 bits per heavy atom. The van der Waals surface area contributed by atoms with Crippen molar-refractivity contribution in [3.05, 3.63) is 100 Å². The molecule has 3 heterocycles. The van der Waals surface area contributed by atoms with Crippen LogP contribution in [-0.2, 0) is 6.42 Å². The van der Waals surface area contributed by atoms with Crippen molar-refractivity contribution < 1.29 is 14.3 Å². The molecule has 7 heteroatoms. The highest BCUT2D eigenvalue weighted by atomic mass is 32.1. The molecule has 0 aliphatic carbocycles. The van der Waals surface area contributed by atoms with Gasteiger partial charge in [0.05, 0.1) is 6.04 Å². The van der Waals surface area contributed by atoms with Gasteiger partial charge in [0.15, 0.2) is 11.5 Å². The van der Waals surface area contributed by atoms with Crippen LogP contribution in [0.5, 0.6) is 11.5 Å². The third-order valence-corrected chi connectivity index (χ3v) is 6.86. The summed E-state index contributed by atoms with van der Waals surface area (Å²) in [6, 6.07) is 23.0. The van der Waals surface area contributed by atoms with Crippen molar-refractivity contribution in [2.75, 3.05) is 17.4 Å². The molecular formula is C27H25N3O3S. The van der Waals surface area contributed by atoms with Gasteiger partial charge in [-0.25, -0.2) is 4.98 Å². The molecule has 1 atom stereocenters. The van der Waals surface area contributed by atoms with E-state index in [2.05, 4.69) is 28.6 Å². The molecule has 2 N–H and O–H groups in total.